The fourth-order valence-electron chi connectivity index (χ4n) is 2.85. The van der Waals surface area contributed by atoms with Crippen LogP contribution in [0.2, 0.25) is 0 Å². The Morgan fingerprint density at radius 2 is 2.14 bits per heavy atom. The fourth-order valence-corrected chi connectivity index (χ4v) is 2.85. The Morgan fingerprint density at radius 3 is 2.77 bits per heavy atom. The van der Waals surface area contributed by atoms with Crippen molar-refractivity contribution in [2.45, 2.75) is 65.0 Å². The van der Waals surface area contributed by atoms with Gasteiger partial charge in [0.15, 0.2) is 5.82 Å². The molecule has 7 heteroatoms. The van der Waals surface area contributed by atoms with Gasteiger partial charge in [0.2, 0.25) is 0 Å². The summed E-state index contributed by atoms with van der Waals surface area (Å²) in [7, 11) is 0. The highest BCUT2D eigenvalue weighted by atomic mass is 16.2. The van der Waals surface area contributed by atoms with Gasteiger partial charge in [0.05, 0.1) is 6.04 Å². The van der Waals surface area contributed by atoms with Gasteiger partial charge < -0.3 is 10.2 Å². The second kappa shape index (κ2) is 7.47. The first kappa shape index (κ1) is 16.6. The van der Waals surface area contributed by atoms with E-state index in [4.69, 9.17) is 0 Å². The van der Waals surface area contributed by atoms with E-state index in [2.05, 4.69) is 34.3 Å². The number of rotatable bonds is 5. The maximum atomic E-state index is 12.5. The van der Waals surface area contributed by atoms with Gasteiger partial charge in [-0.3, -0.25) is 4.98 Å². The van der Waals surface area contributed by atoms with Gasteiger partial charge in [-0.1, -0.05) is 13.8 Å². The summed E-state index contributed by atoms with van der Waals surface area (Å²) in [6.07, 6.45) is 4.92. The van der Waals surface area contributed by atoms with E-state index in [1.807, 2.05) is 6.92 Å². The molecule has 1 aliphatic heterocycles. The first-order chi connectivity index (χ1) is 10.5. The van der Waals surface area contributed by atoms with Crippen molar-refractivity contribution in [1.82, 2.24) is 25.4 Å². The van der Waals surface area contributed by atoms with Crippen molar-refractivity contribution in [1.29, 1.82) is 0 Å². The third-order valence-corrected chi connectivity index (χ3v) is 4.15. The Kier molecular flexibility index (Phi) is 5.63. The molecular weight excluding hydrogens is 282 g/mol. The van der Waals surface area contributed by atoms with Crippen LogP contribution >= 0.6 is 0 Å². The average Bonchev–Trinajstić information content (AvgIpc) is 2.91. The zero-order chi connectivity index (χ0) is 16.1. The molecule has 0 bridgehead atoms. The van der Waals surface area contributed by atoms with Crippen molar-refractivity contribution in [2.24, 2.45) is 5.92 Å². The summed E-state index contributed by atoms with van der Waals surface area (Å²) >= 11 is 0. The third-order valence-electron chi connectivity index (χ3n) is 4.15. The number of hydrogen-bond donors (Lipinski definition) is 3. The van der Waals surface area contributed by atoms with E-state index >= 15 is 0 Å². The summed E-state index contributed by atoms with van der Waals surface area (Å²) in [6, 6.07) is -0.0643. The van der Waals surface area contributed by atoms with E-state index in [-0.39, 0.29) is 23.8 Å². The van der Waals surface area contributed by atoms with Crippen LogP contribution in [0.4, 0.5) is 4.79 Å². The maximum absolute atomic E-state index is 12.5. The predicted molar refractivity (Wildman–Crippen MR) is 84.6 cm³/mol. The first-order valence-corrected chi connectivity index (χ1v) is 8.19. The lowest BCUT2D eigenvalue weighted by molar-refractivity contribution is 0.144. The van der Waals surface area contributed by atoms with Crippen LogP contribution in [0.3, 0.4) is 0 Å². The number of likely N-dealkylation sites (tertiary alicyclic amines) is 1. The number of carbonyl (C=O) groups is 1. The van der Waals surface area contributed by atoms with Crippen molar-refractivity contribution in [3.8, 4) is 0 Å². The normalized spacial score (nSPS) is 20.2. The van der Waals surface area contributed by atoms with E-state index in [9.17, 15) is 9.59 Å². The van der Waals surface area contributed by atoms with Crippen LogP contribution in [0.5, 0.6) is 0 Å². The number of urea groups is 1. The van der Waals surface area contributed by atoms with Gasteiger partial charge in [-0.15, -0.1) is 0 Å². The Hall–Kier alpha value is -1.79. The van der Waals surface area contributed by atoms with E-state index in [1.165, 1.54) is 0 Å². The maximum Gasteiger partial charge on any atom is 0.340 e. The molecule has 1 aromatic rings. The average molecular weight is 309 g/mol. The van der Waals surface area contributed by atoms with Gasteiger partial charge in [-0.2, -0.15) is 5.10 Å². The lowest BCUT2D eigenvalue weighted by Crippen LogP contribution is -2.47. The number of carbonyl (C=O) groups excluding carboxylic acids is 1. The van der Waals surface area contributed by atoms with Crippen molar-refractivity contribution < 1.29 is 4.79 Å². The van der Waals surface area contributed by atoms with E-state index in [0.29, 0.717) is 18.3 Å². The molecule has 0 aromatic carbocycles. The molecule has 0 spiro atoms. The second-order valence-corrected chi connectivity index (χ2v) is 6.59. The largest absolute Gasteiger partial charge is 0.340 e. The molecule has 0 radical (unpaired) electrons. The number of aromatic amines is 2. The molecule has 2 rings (SSSR count). The smallest absolute Gasteiger partial charge is 0.336 e. The molecule has 1 saturated heterocycles. The molecule has 0 unspecified atom stereocenters. The van der Waals surface area contributed by atoms with Gasteiger partial charge in [0.25, 0.3) is 0 Å². The molecule has 0 saturated carbocycles. The molecule has 22 heavy (non-hydrogen) atoms. The summed E-state index contributed by atoms with van der Waals surface area (Å²) in [5, 5.41) is 9.44. The summed E-state index contributed by atoms with van der Waals surface area (Å²) < 4.78 is 0. The molecule has 124 valence electrons. The van der Waals surface area contributed by atoms with Crippen LogP contribution in [0.1, 0.15) is 64.7 Å². The number of nitrogens with zero attached hydrogens (tertiary/aromatic N) is 2. The van der Waals surface area contributed by atoms with Gasteiger partial charge in [-0.05, 0) is 44.9 Å². The highest BCUT2D eigenvalue weighted by Gasteiger charge is 2.30. The molecule has 1 aliphatic rings. The van der Waals surface area contributed by atoms with Crippen molar-refractivity contribution in [3.05, 3.63) is 16.3 Å². The molecule has 1 fully saturated rings. The molecule has 2 amide bonds. The zero-order valence-corrected chi connectivity index (χ0v) is 13.7. The number of nitrogens with one attached hydrogen (secondary N) is 3. The fraction of sp³-hybridized carbons (Fsp3) is 0.800. The van der Waals surface area contributed by atoms with Crippen LogP contribution in [0, 0.1) is 5.92 Å². The summed E-state index contributed by atoms with van der Waals surface area (Å²) in [4.78, 5) is 28.2. The van der Waals surface area contributed by atoms with Crippen LogP contribution in [0.15, 0.2) is 4.79 Å². The lowest BCUT2D eigenvalue weighted by Gasteiger charge is -2.35. The van der Waals surface area contributed by atoms with Gasteiger partial charge in [-0.25, -0.2) is 14.7 Å². The highest BCUT2D eigenvalue weighted by molar-refractivity contribution is 5.75. The molecule has 0 aliphatic carbocycles. The zero-order valence-electron chi connectivity index (χ0n) is 13.7. The number of amides is 2. The Labute approximate surface area is 130 Å². The van der Waals surface area contributed by atoms with Gasteiger partial charge in [0.1, 0.15) is 0 Å². The highest BCUT2D eigenvalue weighted by Crippen LogP contribution is 2.28. The van der Waals surface area contributed by atoms with Gasteiger partial charge in [0, 0.05) is 12.6 Å². The monoisotopic (exact) mass is 309 g/mol. The van der Waals surface area contributed by atoms with E-state index < -0.39 is 0 Å². The van der Waals surface area contributed by atoms with Crippen molar-refractivity contribution in [3.63, 3.8) is 0 Å². The standard InChI is InChI=1S/C15H27N5O2/c1-10(2)7-8-11(3)16-15(22)20-9-5-4-6-12(20)13-17-14(21)19-18-13/h10-12H,4-9H2,1-3H3,(H,16,22)(H2,17,18,19,21)/t11-,12+/m0/s1. The quantitative estimate of drug-likeness (QED) is 0.778. The predicted octanol–water partition coefficient (Wildman–Crippen LogP) is 2.16. The van der Waals surface area contributed by atoms with Crippen LogP contribution in [-0.2, 0) is 0 Å². The Balaban J connectivity index is 1.98. The molecular formula is C15H27N5O2. The minimum Gasteiger partial charge on any atom is -0.336 e. The summed E-state index contributed by atoms with van der Waals surface area (Å²) in [5.41, 5.74) is -0.328. The lowest BCUT2D eigenvalue weighted by atomic mass is 10.0. The van der Waals surface area contributed by atoms with E-state index in [1.54, 1.807) is 4.90 Å². The van der Waals surface area contributed by atoms with Crippen LogP contribution < -0.4 is 11.0 Å². The molecule has 2 atom stereocenters. The minimum absolute atomic E-state index is 0.0650. The third kappa shape index (κ3) is 4.35. The number of hydrogen-bond acceptors (Lipinski definition) is 3. The van der Waals surface area contributed by atoms with Crippen LogP contribution in [-0.4, -0.2) is 38.7 Å². The first-order valence-electron chi connectivity index (χ1n) is 8.19. The van der Waals surface area contributed by atoms with Crippen molar-refractivity contribution in [2.75, 3.05) is 6.54 Å². The SMILES string of the molecule is CC(C)CC[C@H](C)NC(=O)N1CCCC[C@@H]1c1n[nH]c(=O)[nH]1. The summed E-state index contributed by atoms with van der Waals surface area (Å²) in [5.74, 6) is 1.19. The number of piperidine rings is 1. The summed E-state index contributed by atoms with van der Waals surface area (Å²) in [6.45, 7) is 7.10. The number of H-pyrrole nitrogens is 2. The van der Waals surface area contributed by atoms with Gasteiger partial charge >= 0.3 is 11.7 Å². The topological polar surface area (TPSA) is 93.9 Å². The molecule has 1 aromatic heterocycles. The molecule has 7 nitrogen and oxygen atoms in total. The van der Waals surface area contributed by atoms with Crippen LogP contribution in [0.25, 0.3) is 0 Å². The Morgan fingerprint density at radius 1 is 1.36 bits per heavy atom. The van der Waals surface area contributed by atoms with E-state index in [0.717, 1.165) is 32.1 Å². The minimum atomic E-state index is -0.328. The molecule has 3 N–H and O–H groups in total. The number of aromatic nitrogens is 3. The second-order valence-electron chi connectivity index (χ2n) is 6.59. The Bertz CT molecular complexity index is 536. The van der Waals surface area contributed by atoms with Crippen molar-refractivity contribution >= 4 is 6.03 Å². The molecule has 2 heterocycles.